The summed E-state index contributed by atoms with van der Waals surface area (Å²) in [5.41, 5.74) is 0.971. The van der Waals surface area contributed by atoms with Crippen LogP contribution in [0.25, 0.3) is 10.2 Å². The van der Waals surface area contributed by atoms with E-state index in [9.17, 15) is 14.9 Å². The molecule has 0 aliphatic heterocycles. The number of nitrogens with one attached hydrogen (secondary N) is 1. The number of aryl methyl sites for hydroxylation is 3. The number of nitro benzene ring substituents is 1. The molecule has 0 unspecified atom stereocenters. The summed E-state index contributed by atoms with van der Waals surface area (Å²) < 4.78 is 0. The van der Waals surface area contributed by atoms with E-state index in [2.05, 4.69) is 15.3 Å². The van der Waals surface area contributed by atoms with Crippen molar-refractivity contribution in [1.82, 2.24) is 9.97 Å². The van der Waals surface area contributed by atoms with Gasteiger partial charge in [0.05, 0.1) is 10.7 Å². The number of amides is 1. The summed E-state index contributed by atoms with van der Waals surface area (Å²) in [6.07, 6.45) is 0. The van der Waals surface area contributed by atoms with Gasteiger partial charge in [0.2, 0.25) is 5.91 Å². The summed E-state index contributed by atoms with van der Waals surface area (Å²) in [4.78, 5) is 33.9. The first-order valence-corrected chi connectivity index (χ1v) is 10.0. The maximum atomic E-state index is 12.3. The molecule has 0 radical (unpaired) electrons. The van der Waals surface area contributed by atoms with Gasteiger partial charge in [-0.05, 0) is 38.5 Å². The van der Waals surface area contributed by atoms with Gasteiger partial charge in [-0.1, -0.05) is 23.4 Å². The van der Waals surface area contributed by atoms with Crippen molar-refractivity contribution in [2.24, 2.45) is 0 Å². The van der Waals surface area contributed by atoms with Crippen LogP contribution in [0.2, 0.25) is 5.02 Å². The van der Waals surface area contributed by atoms with E-state index in [1.54, 1.807) is 11.3 Å². The zero-order chi connectivity index (χ0) is 19.7. The zero-order valence-corrected chi connectivity index (χ0v) is 17.1. The maximum Gasteiger partial charge on any atom is 0.294 e. The summed E-state index contributed by atoms with van der Waals surface area (Å²) in [5, 5.41) is 15.6. The van der Waals surface area contributed by atoms with Gasteiger partial charge in [-0.25, -0.2) is 9.97 Å². The second-order valence-corrected chi connectivity index (χ2v) is 8.40. The van der Waals surface area contributed by atoms with Crippen molar-refractivity contribution in [3.05, 3.63) is 49.6 Å². The lowest BCUT2D eigenvalue weighted by Gasteiger charge is -2.07. The Kier molecular flexibility index (Phi) is 5.64. The molecule has 140 valence electrons. The molecule has 0 atom stereocenters. The lowest BCUT2D eigenvalue weighted by molar-refractivity contribution is -0.383. The Hall–Kier alpha value is -2.23. The van der Waals surface area contributed by atoms with Gasteiger partial charge in [0.15, 0.2) is 0 Å². The third-order valence-corrected chi connectivity index (χ3v) is 6.19. The van der Waals surface area contributed by atoms with Crippen molar-refractivity contribution < 1.29 is 9.72 Å². The van der Waals surface area contributed by atoms with Crippen LogP contribution < -0.4 is 5.32 Å². The number of thiophene rings is 1. The van der Waals surface area contributed by atoms with Crippen molar-refractivity contribution in [3.8, 4) is 0 Å². The summed E-state index contributed by atoms with van der Waals surface area (Å²) in [6.45, 7) is 5.84. The number of thioether (sulfide) groups is 1. The van der Waals surface area contributed by atoms with E-state index in [0.717, 1.165) is 25.7 Å². The molecule has 0 aliphatic rings. The highest BCUT2D eigenvalue weighted by Crippen LogP contribution is 2.35. The first kappa shape index (κ1) is 19.5. The van der Waals surface area contributed by atoms with Gasteiger partial charge in [-0.15, -0.1) is 11.3 Å². The van der Waals surface area contributed by atoms with Gasteiger partial charge in [-0.2, -0.15) is 0 Å². The lowest BCUT2D eigenvalue weighted by Crippen LogP contribution is -2.15. The third kappa shape index (κ3) is 4.20. The summed E-state index contributed by atoms with van der Waals surface area (Å²) in [5.74, 6) is 0.346. The zero-order valence-electron chi connectivity index (χ0n) is 14.7. The Morgan fingerprint density at radius 1 is 1.33 bits per heavy atom. The van der Waals surface area contributed by atoms with Crippen LogP contribution in [0.3, 0.4) is 0 Å². The maximum absolute atomic E-state index is 12.3. The van der Waals surface area contributed by atoms with Crippen molar-refractivity contribution in [2.75, 3.05) is 11.1 Å². The third-order valence-electron chi connectivity index (χ3n) is 3.88. The molecule has 0 saturated heterocycles. The molecule has 1 amide bonds. The van der Waals surface area contributed by atoms with Gasteiger partial charge < -0.3 is 5.32 Å². The molecule has 7 nitrogen and oxygen atoms in total. The predicted octanol–water partition coefficient (Wildman–Crippen LogP) is 4.91. The molecule has 10 heteroatoms. The first-order valence-electron chi connectivity index (χ1n) is 7.87. The molecular formula is C17H15ClN4O3S2. The van der Waals surface area contributed by atoms with Crippen molar-refractivity contribution in [2.45, 2.75) is 25.8 Å². The Morgan fingerprint density at radius 2 is 2.07 bits per heavy atom. The molecule has 1 N–H and O–H groups in total. The SMILES string of the molecule is Cc1nc(SCC(=O)Nc2ccc(Cl)cc2[N+](=O)[O-])c2c(C)c(C)sc2n1. The fourth-order valence-electron chi connectivity index (χ4n) is 2.50. The van der Waals surface area contributed by atoms with Crippen LogP contribution in [0.5, 0.6) is 0 Å². The number of hydrogen-bond donors (Lipinski definition) is 1. The van der Waals surface area contributed by atoms with Crippen LogP contribution in [0.1, 0.15) is 16.3 Å². The van der Waals surface area contributed by atoms with Crippen LogP contribution >= 0.6 is 34.7 Å². The molecule has 2 aromatic heterocycles. The predicted molar refractivity (Wildman–Crippen MR) is 109 cm³/mol. The first-order chi connectivity index (χ1) is 12.8. The molecule has 0 aliphatic carbocycles. The number of carbonyl (C=O) groups is 1. The fraction of sp³-hybridized carbons (Fsp3) is 0.235. The quantitative estimate of drug-likeness (QED) is 0.271. The molecule has 3 rings (SSSR count). The number of fused-ring (bicyclic) bond motifs is 1. The van der Waals surface area contributed by atoms with Crippen LogP contribution in [-0.2, 0) is 4.79 Å². The minimum atomic E-state index is -0.580. The highest BCUT2D eigenvalue weighted by molar-refractivity contribution is 8.00. The van der Waals surface area contributed by atoms with Gasteiger partial charge in [-0.3, -0.25) is 14.9 Å². The van der Waals surface area contributed by atoms with Crippen LogP contribution in [-0.4, -0.2) is 26.6 Å². The van der Waals surface area contributed by atoms with E-state index in [1.807, 2.05) is 20.8 Å². The van der Waals surface area contributed by atoms with Crippen molar-refractivity contribution in [1.29, 1.82) is 0 Å². The Labute approximate surface area is 168 Å². The molecule has 1 aromatic carbocycles. The number of carbonyl (C=O) groups excluding carboxylic acids is 1. The van der Waals surface area contributed by atoms with Gasteiger partial charge >= 0.3 is 0 Å². The fourth-order valence-corrected chi connectivity index (χ4v) is 4.74. The minimum Gasteiger partial charge on any atom is -0.320 e. The largest absolute Gasteiger partial charge is 0.320 e. The molecule has 2 heterocycles. The van der Waals surface area contributed by atoms with E-state index in [4.69, 9.17) is 11.6 Å². The second kappa shape index (κ2) is 7.79. The Morgan fingerprint density at radius 3 is 2.78 bits per heavy atom. The molecule has 27 heavy (non-hydrogen) atoms. The molecule has 0 saturated carbocycles. The number of aromatic nitrogens is 2. The number of rotatable bonds is 5. The van der Waals surface area contributed by atoms with E-state index in [-0.39, 0.29) is 28.1 Å². The summed E-state index contributed by atoms with van der Waals surface area (Å²) in [7, 11) is 0. The molecular weight excluding hydrogens is 408 g/mol. The van der Waals surface area contributed by atoms with Gasteiger partial charge in [0.25, 0.3) is 5.69 Å². The highest BCUT2D eigenvalue weighted by atomic mass is 35.5. The number of nitro groups is 1. The summed E-state index contributed by atoms with van der Waals surface area (Å²) in [6, 6.07) is 4.12. The summed E-state index contributed by atoms with van der Waals surface area (Å²) >= 11 is 8.67. The monoisotopic (exact) mass is 422 g/mol. The van der Waals surface area contributed by atoms with E-state index < -0.39 is 4.92 Å². The van der Waals surface area contributed by atoms with Gasteiger partial charge in [0.1, 0.15) is 21.4 Å². The van der Waals surface area contributed by atoms with E-state index >= 15 is 0 Å². The number of nitrogens with zero attached hydrogens (tertiary/aromatic N) is 3. The molecule has 0 bridgehead atoms. The molecule has 3 aromatic rings. The van der Waals surface area contributed by atoms with E-state index in [1.165, 1.54) is 30.0 Å². The second-order valence-electron chi connectivity index (χ2n) is 5.79. The van der Waals surface area contributed by atoms with Crippen LogP contribution in [0.4, 0.5) is 11.4 Å². The number of benzene rings is 1. The van der Waals surface area contributed by atoms with Gasteiger partial charge in [0, 0.05) is 21.4 Å². The minimum absolute atomic E-state index is 0.0691. The number of anilines is 1. The normalized spacial score (nSPS) is 11.0. The highest BCUT2D eigenvalue weighted by Gasteiger charge is 2.18. The Balaban J connectivity index is 1.79. The average Bonchev–Trinajstić information content (AvgIpc) is 2.88. The number of hydrogen-bond acceptors (Lipinski definition) is 7. The smallest absolute Gasteiger partial charge is 0.294 e. The molecule has 0 spiro atoms. The topological polar surface area (TPSA) is 98.0 Å². The van der Waals surface area contributed by atoms with Crippen molar-refractivity contribution in [3.63, 3.8) is 0 Å². The van der Waals surface area contributed by atoms with Crippen LogP contribution in [0.15, 0.2) is 23.2 Å². The Bertz CT molecular complexity index is 1070. The van der Waals surface area contributed by atoms with E-state index in [0.29, 0.717) is 5.82 Å². The molecule has 0 fully saturated rings. The average molecular weight is 423 g/mol. The van der Waals surface area contributed by atoms with Crippen molar-refractivity contribution >= 4 is 62.2 Å². The number of halogens is 1. The standard InChI is InChI=1S/C17H15ClN4O3S2/c1-8-9(2)27-17-15(8)16(19-10(3)20-17)26-7-14(23)21-12-5-4-11(18)6-13(12)22(24)25/h4-6H,7H2,1-3H3,(H,21,23). The lowest BCUT2D eigenvalue weighted by atomic mass is 10.2. The van der Waals surface area contributed by atoms with Crippen LogP contribution in [0, 0.1) is 30.9 Å².